The van der Waals surface area contributed by atoms with Crippen molar-refractivity contribution in [1.29, 1.82) is 0 Å². The summed E-state index contributed by atoms with van der Waals surface area (Å²) in [6, 6.07) is 0. The summed E-state index contributed by atoms with van der Waals surface area (Å²) < 4.78 is 0. The van der Waals surface area contributed by atoms with Crippen LogP contribution in [-0.4, -0.2) is 22.4 Å². The molecule has 0 amide bonds. The molecule has 0 spiro atoms. The monoisotopic (exact) mass is 400 g/mol. The first-order chi connectivity index (χ1) is 13.7. The zero-order valence-corrected chi connectivity index (χ0v) is 19.5. The number of aliphatic hydroxyl groups excluding tert-OH is 2. The van der Waals surface area contributed by atoms with Crippen molar-refractivity contribution in [3.8, 4) is 0 Å². The molecule has 4 aliphatic carbocycles. The highest BCUT2D eigenvalue weighted by Crippen LogP contribution is 2.67. The molecule has 0 bridgehead atoms. The third kappa shape index (κ3) is 3.57. The maximum absolute atomic E-state index is 11.3. The predicted molar refractivity (Wildman–Crippen MR) is 120 cm³/mol. The minimum atomic E-state index is -0.308. The smallest absolute Gasteiger partial charge is 0.0757 e. The quantitative estimate of drug-likeness (QED) is 0.545. The lowest BCUT2D eigenvalue weighted by Crippen LogP contribution is -2.54. The SMILES string of the molecule is CC(C)=CCC[C@@H](C)[C@H]1CC[C@H]2[C@@H]3[C@H](O)C=C4C[C@@H](O)CC[C@]4(C)[C@H]3CC[C@]12C. The van der Waals surface area contributed by atoms with Gasteiger partial charge < -0.3 is 10.2 Å². The Balaban J connectivity index is 1.56. The van der Waals surface area contributed by atoms with Crippen molar-refractivity contribution in [2.75, 3.05) is 0 Å². The normalized spacial score (nSPS) is 47.5. The van der Waals surface area contributed by atoms with Gasteiger partial charge >= 0.3 is 0 Å². The van der Waals surface area contributed by atoms with Crippen LogP contribution in [0.15, 0.2) is 23.3 Å². The van der Waals surface area contributed by atoms with Crippen LogP contribution in [-0.2, 0) is 0 Å². The summed E-state index contributed by atoms with van der Waals surface area (Å²) in [5, 5.41) is 21.5. The highest BCUT2D eigenvalue weighted by molar-refractivity contribution is 5.27. The fraction of sp³-hybridized carbons (Fsp3) is 0.852. The van der Waals surface area contributed by atoms with Crippen LogP contribution in [0.3, 0.4) is 0 Å². The third-order valence-corrected chi connectivity index (χ3v) is 10.0. The zero-order valence-electron chi connectivity index (χ0n) is 19.5. The molecule has 3 fully saturated rings. The van der Waals surface area contributed by atoms with Crippen LogP contribution >= 0.6 is 0 Å². The highest BCUT2D eigenvalue weighted by atomic mass is 16.3. The summed E-state index contributed by atoms with van der Waals surface area (Å²) in [7, 11) is 0. The number of aliphatic hydroxyl groups is 2. The van der Waals surface area contributed by atoms with Crippen LogP contribution in [0.25, 0.3) is 0 Å². The molecule has 4 aliphatic rings. The van der Waals surface area contributed by atoms with Crippen LogP contribution in [0.2, 0.25) is 0 Å². The van der Waals surface area contributed by atoms with Crippen LogP contribution in [0.5, 0.6) is 0 Å². The Morgan fingerprint density at radius 3 is 2.59 bits per heavy atom. The average molecular weight is 401 g/mol. The summed E-state index contributed by atoms with van der Waals surface area (Å²) >= 11 is 0. The Labute approximate surface area is 178 Å². The molecule has 29 heavy (non-hydrogen) atoms. The molecule has 0 radical (unpaired) electrons. The molecule has 0 aromatic heterocycles. The van der Waals surface area contributed by atoms with Crippen molar-refractivity contribution in [2.24, 2.45) is 40.4 Å². The number of fused-ring (bicyclic) bond motifs is 5. The molecule has 9 atom stereocenters. The van der Waals surface area contributed by atoms with Gasteiger partial charge in [-0.15, -0.1) is 0 Å². The molecule has 0 saturated heterocycles. The first-order valence-electron chi connectivity index (χ1n) is 12.4. The minimum absolute atomic E-state index is 0.204. The van der Waals surface area contributed by atoms with E-state index in [9.17, 15) is 10.2 Å². The minimum Gasteiger partial charge on any atom is -0.393 e. The maximum Gasteiger partial charge on any atom is 0.0757 e. The lowest BCUT2D eigenvalue weighted by Gasteiger charge is -2.59. The van der Waals surface area contributed by atoms with E-state index in [1.165, 1.54) is 49.7 Å². The Kier molecular flexibility index (Phi) is 5.84. The molecule has 2 nitrogen and oxygen atoms in total. The number of rotatable bonds is 4. The Morgan fingerprint density at radius 1 is 1.10 bits per heavy atom. The molecule has 0 aliphatic heterocycles. The number of hydrogen-bond donors (Lipinski definition) is 2. The van der Waals surface area contributed by atoms with E-state index in [4.69, 9.17) is 0 Å². The summed E-state index contributed by atoms with van der Waals surface area (Å²) in [5.74, 6) is 3.26. The second kappa shape index (κ2) is 7.83. The van der Waals surface area contributed by atoms with Gasteiger partial charge in [0.25, 0.3) is 0 Å². The van der Waals surface area contributed by atoms with Gasteiger partial charge in [-0.05, 0) is 112 Å². The highest BCUT2D eigenvalue weighted by Gasteiger charge is 2.61. The fourth-order valence-electron chi connectivity index (χ4n) is 8.44. The average Bonchev–Trinajstić information content (AvgIpc) is 3.00. The molecule has 0 unspecified atom stereocenters. The largest absolute Gasteiger partial charge is 0.393 e. The van der Waals surface area contributed by atoms with Crippen molar-refractivity contribution < 1.29 is 10.2 Å². The van der Waals surface area contributed by atoms with Gasteiger partial charge in [-0.1, -0.05) is 44.1 Å². The van der Waals surface area contributed by atoms with Gasteiger partial charge in [0.2, 0.25) is 0 Å². The predicted octanol–water partition coefficient (Wildman–Crippen LogP) is 6.28. The molecule has 2 N–H and O–H groups in total. The summed E-state index contributed by atoms with van der Waals surface area (Å²) in [4.78, 5) is 0. The van der Waals surface area contributed by atoms with Crippen molar-refractivity contribution in [3.05, 3.63) is 23.3 Å². The Morgan fingerprint density at radius 2 is 1.86 bits per heavy atom. The van der Waals surface area contributed by atoms with Crippen molar-refractivity contribution in [1.82, 2.24) is 0 Å². The first-order valence-corrected chi connectivity index (χ1v) is 12.4. The Bertz CT molecular complexity index is 674. The molecular weight excluding hydrogens is 356 g/mol. The van der Waals surface area contributed by atoms with Gasteiger partial charge in [0, 0.05) is 0 Å². The van der Waals surface area contributed by atoms with E-state index in [-0.39, 0.29) is 17.6 Å². The summed E-state index contributed by atoms with van der Waals surface area (Å²) in [6.07, 6.45) is 14.6. The molecule has 0 aromatic rings. The van der Waals surface area contributed by atoms with E-state index in [2.05, 4.69) is 46.8 Å². The number of allylic oxidation sites excluding steroid dienone is 2. The van der Waals surface area contributed by atoms with Gasteiger partial charge in [0.15, 0.2) is 0 Å². The van der Waals surface area contributed by atoms with Crippen LogP contribution < -0.4 is 0 Å². The second-order valence-corrected chi connectivity index (χ2v) is 11.9. The molecule has 2 heteroatoms. The van der Waals surface area contributed by atoms with Crippen LogP contribution in [0.1, 0.15) is 92.4 Å². The van der Waals surface area contributed by atoms with Crippen LogP contribution in [0, 0.1) is 40.4 Å². The molecule has 164 valence electrons. The zero-order chi connectivity index (χ0) is 21.0. The standard InChI is InChI=1S/C27H44O2/c1-17(2)7-6-8-18(3)21-9-10-22-25-23(12-14-27(21,22)5)26(4)13-11-20(28)15-19(26)16-24(25)29/h7,16,18,20-25,28-29H,6,8-15H2,1-5H3/t18-,20+,21-,22+,23+,24-,25+,26+,27-/m1/s1. The van der Waals surface area contributed by atoms with E-state index in [1.54, 1.807) is 0 Å². The van der Waals surface area contributed by atoms with Gasteiger partial charge in [-0.3, -0.25) is 0 Å². The van der Waals surface area contributed by atoms with Gasteiger partial charge in [0.1, 0.15) is 0 Å². The molecule has 0 heterocycles. The first kappa shape index (κ1) is 21.6. The maximum atomic E-state index is 11.3. The van der Waals surface area contributed by atoms with Gasteiger partial charge in [0.05, 0.1) is 12.2 Å². The van der Waals surface area contributed by atoms with E-state index in [1.807, 2.05) is 0 Å². The van der Waals surface area contributed by atoms with Crippen LogP contribution in [0.4, 0.5) is 0 Å². The summed E-state index contributed by atoms with van der Waals surface area (Å²) in [6.45, 7) is 11.9. The van der Waals surface area contributed by atoms with E-state index < -0.39 is 0 Å². The van der Waals surface area contributed by atoms with E-state index >= 15 is 0 Å². The fourth-order valence-corrected chi connectivity index (χ4v) is 8.44. The second-order valence-electron chi connectivity index (χ2n) is 11.9. The summed E-state index contributed by atoms with van der Waals surface area (Å²) in [5.41, 5.74) is 3.39. The van der Waals surface area contributed by atoms with Crippen molar-refractivity contribution >= 4 is 0 Å². The van der Waals surface area contributed by atoms with Crippen molar-refractivity contribution in [3.63, 3.8) is 0 Å². The number of hydrogen-bond acceptors (Lipinski definition) is 2. The van der Waals surface area contributed by atoms with Crippen molar-refractivity contribution in [2.45, 2.75) is 105 Å². The topological polar surface area (TPSA) is 40.5 Å². The third-order valence-electron chi connectivity index (χ3n) is 10.0. The Hall–Kier alpha value is -0.600. The molecule has 0 aromatic carbocycles. The lowest BCUT2D eigenvalue weighted by molar-refractivity contribution is -0.0969. The molecule has 3 saturated carbocycles. The molecule has 4 rings (SSSR count). The van der Waals surface area contributed by atoms with Gasteiger partial charge in [-0.25, -0.2) is 0 Å². The van der Waals surface area contributed by atoms with E-state index in [0.29, 0.717) is 23.2 Å². The lowest BCUT2D eigenvalue weighted by atomic mass is 9.46. The molecular formula is C27H44O2. The van der Waals surface area contributed by atoms with Gasteiger partial charge in [-0.2, -0.15) is 0 Å². The van der Waals surface area contributed by atoms with E-state index in [0.717, 1.165) is 31.1 Å².